The van der Waals surface area contributed by atoms with E-state index in [2.05, 4.69) is 9.68 Å². The van der Waals surface area contributed by atoms with E-state index >= 15 is 0 Å². The summed E-state index contributed by atoms with van der Waals surface area (Å²) in [4.78, 5) is 10.7. The summed E-state index contributed by atoms with van der Waals surface area (Å²) in [7, 11) is 0. The van der Waals surface area contributed by atoms with Gasteiger partial charge in [-0.3, -0.25) is 10.1 Å². The molecule has 0 saturated heterocycles. The summed E-state index contributed by atoms with van der Waals surface area (Å²) in [5.41, 5.74) is 0.325. The van der Waals surface area contributed by atoms with E-state index in [1.54, 1.807) is 0 Å². The highest BCUT2D eigenvalue weighted by Gasteiger charge is 2.49. The molecule has 1 N–H and O–H groups in total. The topological polar surface area (TPSA) is 55.1 Å². The molecule has 0 aliphatic rings. The molecule has 1 rings (SSSR count). The Morgan fingerprint density at radius 3 is 2.60 bits per heavy atom. The fraction of sp³-hybridized carbons (Fsp3) is 0.429. The Kier molecular flexibility index (Phi) is 2.96. The van der Waals surface area contributed by atoms with Crippen LogP contribution in [0.1, 0.15) is 5.69 Å². The fourth-order valence-corrected chi connectivity index (χ4v) is 0.717. The lowest BCUT2D eigenvalue weighted by atomic mass is 10.3. The lowest BCUT2D eigenvalue weighted by Gasteiger charge is -2.12. The van der Waals surface area contributed by atoms with Crippen LogP contribution in [0.2, 0.25) is 0 Å². The average Bonchev–Trinajstić information content (AvgIpc) is 2.50. The molecule has 0 bridgehead atoms. The van der Waals surface area contributed by atoms with Gasteiger partial charge in [0, 0.05) is 6.07 Å². The molecule has 15 heavy (non-hydrogen) atoms. The van der Waals surface area contributed by atoms with Gasteiger partial charge in [0.05, 0.1) is 5.69 Å². The number of aryl methyl sites for hydroxylation is 1. The van der Waals surface area contributed by atoms with Gasteiger partial charge in [0.25, 0.3) is 0 Å². The number of nitrogens with zero attached hydrogens (tertiary/aromatic N) is 1. The zero-order valence-corrected chi connectivity index (χ0v) is 7.43. The number of aromatic nitrogens is 1. The minimum absolute atomic E-state index is 0.325. The monoisotopic (exact) mass is 226 g/mol. The number of rotatable bonds is 3. The third-order valence-corrected chi connectivity index (χ3v) is 1.44. The fourth-order valence-electron chi connectivity index (χ4n) is 0.717. The molecule has 0 radical (unpaired) electrons. The Balaban J connectivity index is 2.71. The summed E-state index contributed by atoms with van der Waals surface area (Å²) in [5, 5.41) is 4.76. The van der Waals surface area contributed by atoms with Crippen molar-refractivity contribution in [1.82, 2.24) is 5.16 Å². The normalized spacial score (nSPS) is 11.9. The molecular formula is C7H6F4N2O2. The quantitative estimate of drug-likeness (QED) is 0.800. The number of amides is 1. The van der Waals surface area contributed by atoms with Crippen molar-refractivity contribution in [3.8, 4) is 0 Å². The molecule has 0 saturated carbocycles. The van der Waals surface area contributed by atoms with E-state index in [1.165, 1.54) is 12.2 Å². The smallest absolute Gasteiger partial charge is 0.338 e. The molecule has 1 amide bonds. The van der Waals surface area contributed by atoms with Crippen molar-refractivity contribution in [2.24, 2.45) is 0 Å². The standard InChI is InChI=1S/C7H6F4N2O2/c1-3-2-4(15-13-3)12-6(14)7(10,11)5(8)9/h2,5H,1H3,(H,12,14). The zero-order valence-electron chi connectivity index (χ0n) is 7.43. The van der Waals surface area contributed by atoms with Crippen LogP contribution in [-0.2, 0) is 4.79 Å². The number of anilines is 1. The minimum Gasteiger partial charge on any atom is -0.338 e. The second-order valence-corrected chi connectivity index (χ2v) is 2.71. The van der Waals surface area contributed by atoms with E-state index in [-0.39, 0.29) is 0 Å². The van der Waals surface area contributed by atoms with Crippen LogP contribution in [0.3, 0.4) is 0 Å². The van der Waals surface area contributed by atoms with E-state index < -0.39 is 24.1 Å². The number of halogens is 4. The predicted octanol–water partition coefficient (Wildman–Crippen LogP) is 1.82. The molecule has 1 aromatic rings. The highest BCUT2D eigenvalue weighted by molar-refractivity contribution is 5.95. The SMILES string of the molecule is Cc1cc(NC(=O)C(F)(F)C(F)F)on1. The first-order valence-electron chi connectivity index (χ1n) is 3.74. The number of hydrogen-bond acceptors (Lipinski definition) is 3. The largest absolute Gasteiger partial charge is 0.383 e. The van der Waals surface area contributed by atoms with Crippen LogP contribution in [-0.4, -0.2) is 23.4 Å². The van der Waals surface area contributed by atoms with E-state index in [1.807, 2.05) is 0 Å². The molecule has 0 aliphatic carbocycles. The van der Waals surface area contributed by atoms with Crippen molar-refractivity contribution in [3.63, 3.8) is 0 Å². The molecule has 8 heteroatoms. The number of hydrogen-bond donors (Lipinski definition) is 1. The second kappa shape index (κ2) is 3.87. The number of carbonyl (C=O) groups is 1. The van der Waals surface area contributed by atoms with E-state index in [4.69, 9.17) is 0 Å². The molecule has 84 valence electrons. The van der Waals surface area contributed by atoms with Crippen LogP contribution < -0.4 is 5.32 Å². The second-order valence-electron chi connectivity index (χ2n) is 2.71. The van der Waals surface area contributed by atoms with Gasteiger partial charge in [0.2, 0.25) is 5.88 Å². The minimum atomic E-state index is -4.75. The molecule has 1 aromatic heterocycles. The summed E-state index contributed by atoms with van der Waals surface area (Å²) in [6, 6.07) is 1.12. The highest BCUT2D eigenvalue weighted by Crippen LogP contribution is 2.24. The Morgan fingerprint density at radius 2 is 2.20 bits per heavy atom. The van der Waals surface area contributed by atoms with Crippen LogP contribution in [0.25, 0.3) is 0 Å². The van der Waals surface area contributed by atoms with Crippen molar-refractivity contribution in [1.29, 1.82) is 0 Å². The van der Waals surface area contributed by atoms with Gasteiger partial charge < -0.3 is 4.52 Å². The van der Waals surface area contributed by atoms with Crippen molar-refractivity contribution in [2.75, 3.05) is 5.32 Å². The molecule has 0 unspecified atom stereocenters. The van der Waals surface area contributed by atoms with Crippen LogP contribution >= 0.6 is 0 Å². The summed E-state index contributed by atoms with van der Waals surface area (Å²) >= 11 is 0. The maximum Gasteiger partial charge on any atom is 0.383 e. The molecule has 1 heterocycles. The van der Waals surface area contributed by atoms with Crippen molar-refractivity contribution < 1.29 is 26.9 Å². The van der Waals surface area contributed by atoms with Gasteiger partial charge in [-0.05, 0) is 6.92 Å². The van der Waals surface area contributed by atoms with Gasteiger partial charge in [-0.2, -0.15) is 8.78 Å². The molecule has 0 spiro atoms. The highest BCUT2D eigenvalue weighted by atomic mass is 19.3. The van der Waals surface area contributed by atoms with E-state index in [0.29, 0.717) is 5.69 Å². The molecule has 0 aliphatic heterocycles. The van der Waals surface area contributed by atoms with Gasteiger partial charge >= 0.3 is 18.3 Å². The summed E-state index contributed by atoms with van der Waals surface area (Å²) < 4.78 is 52.6. The molecule has 0 fully saturated rings. The van der Waals surface area contributed by atoms with E-state index in [9.17, 15) is 22.4 Å². The number of alkyl halides is 4. The van der Waals surface area contributed by atoms with Gasteiger partial charge in [0.15, 0.2) is 0 Å². The zero-order chi connectivity index (χ0) is 11.6. The Hall–Kier alpha value is -1.60. The third kappa shape index (κ3) is 2.45. The maximum atomic E-state index is 12.4. The lowest BCUT2D eigenvalue weighted by Crippen LogP contribution is -2.40. The Morgan fingerprint density at radius 1 is 1.60 bits per heavy atom. The van der Waals surface area contributed by atoms with Crippen molar-refractivity contribution in [2.45, 2.75) is 19.3 Å². The molecule has 4 nitrogen and oxygen atoms in total. The van der Waals surface area contributed by atoms with Gasteiger partial charge in [-0.1, -0.05) is 5.16 Å². The third-order valence-electron chi connectivity index (χ3n) is 1.44. The van der Waals surface area contributed by atoms with Crippen molar-refractivity contribution >= 4 is 11.8 Å². The summed E-state index contributed by atoms with van der Waals surface area (Å²) in [5.74, 6) is -7.28. The molecule has 0 aromatic carbocycles. The summed E-state index contributed by atoms with van der Waals surface area (Å²) in [6.07, 6.45) is -4.07. The van der Waals surface area contributed by atoms with Crippen LogP contribution in [0, 0.1) is 6.92 Å². The van der Waals surface area contributed by atoms with Crippen LogP contribution in [0.15, 0.2) is 10.6 Å². The Labute approximate surface area is 81.2 Å². The Bertz CT molecular complexity index is 364. The predicted molar refractivity (Wildman–Crippen MR) is 40.8 cm³/mol. The average molecular weight is 226 g/mol. The molecular weight excluding hydrogens is 220 g/mol. The molecule has 0 atom stereocenters. The van der Waals surface area contributed by atoms with E-state index in [0.717, 1.165) is 6.07 Å². The first kappa shape index (κ1) is 11.5. The first-order valence-corrected chi connectivity index (χ1v) is 3.74. The summed E-state index contributed by atoms with van der Waals surface area (Å²) in [6.45, 7) is 1.48. The lowest BCUT2D eigenvalue weighted by molar-refractivity contribution is -0.163. The maximum absolute atomic E-state index is 12.4. The first-order chi connectivity index (χ1) is 6.84. The van der Waals surface area contributed by atoms with Gasteiger partial charge in [-0.25, -0.2) is 8.78 Å². The van der Waals surface area contributed by atoms with Crippen LogP contribution in [0.4, 0.5) is 23.4 Å². The van der Waals surface area contributed by atoms with Gasteiger partial charge in [-0.15, -0.1) is 0 Å². The number of nitrogens with one attached hydrogen (secondary N) is 1. The van der Waals surface area contributed by atoms with Crippen molar-refractivity contribution in [3.05, 3.63) is 11.8 Å². The van der Waals surface area contributed by atoms with Gasteiger partial charge in [0.1, 0.15) is 0 Å². The number of carbonyl (C=O) groups excluding carboxylic acids is 1. The van der Waals surface area contributed by atoms with Crippen LogP contribution in [0.5, 0.6) is 0 Å².